The minimum atomic E-state index is -0.833. The zero-order valence-electron chi connectivity index (χ0n) is 16.5. The van der Waals surface area contributed by atoms with Crippen molar-refractivity contribution in [3.8, 4) is 0 Å². The van der Waals surface area contributed by atoms with Crippen LogP contribution in [0, 0.1) is 0 Å². The molecule has 2 amide bonds. The summed E-state index contributed by atoms with van der Waals surface area (Å²) in [6.07, 6.45) is 2.95. The molecule has 154 valence electrons. The number of hydrogen-bond donors (Lipinski definition) is 2. The van der Waals surface area contributed by atoms with Crippen molar-refractivity contribution in [1.82, 2.24) is 10.6 Å². The number of para-hydroxylation sites is 1. The van der Waals surface area contributed by atoms with Crippen LogP contribution >= 0.6 is 11.6 Å². The van der Waals surface area contributed by atoms with Crippen LogP contribution in [-0.2, 0) is 11.2 Å². The predicted octanol–water partition coefficient (Wildman–Crippen LogP) is 2.95. The summed E-state index contributed by atoms with van der Waals surface area (Å²) in [5.41, 5.74) is 2.12. The highest BCUT2D eigenvalue weighted by molar-refractivity contribution is 6.30. The molecule has 5 rings (SSSR count). The third-order valence-electron chi connectivity index (χ3n) is 6.12. The zero-order valence-corrected chi connectivity index (χ0v) is 17.3. The number of nitrogens with one attached hydrogen (secondary N) is 2. The average molecular weight is 423 g/mol. The van der Waals surface area contributed by atoms with E-state index in [9.17, 15) is 9.59 Å². The number of nitrogens with zero attached hydrogens (tertiary/aromatic N) is 2. The standard InChI is InChI=1S/C23H23ClN4O2/c24-17-8-5-16(6-9-17)21(29)27-23(11-12-23)22(30)26-18-10-7-15-3-1-2-4-19(15)28-14-13-25-20(18)28/h1-6,8-9,18H,7,10-14H2,(H,26,30)(H,27,29)/t18-/m1/s1. The molecule has 1 saturated carbocycles. The SMILES string of the molecule is O=C(NC1(C(=O)N[C@@H]2CCc3ccccc3N3CCN=C23)CC1)c1ccc(Cl)cc1. The lowest BCUT2D eigenvalue weighted by molar-refractivity contribution is -0.124. The second-order valence-electron chi connectivity index (χ2n) is 8.13. The summed E-state index contributed by atoms with van der Waals surface area (Å²) in [7, 11) is 0. The molecule has 0 aromatic heterocycles. The minimum Gasteiger partial charge on any atom is -0.344 e. The fourth-order valence-corrected chi connectivity index (χ4v) is 4.40. The first-order valence-corrected chi connectivity index (χ1v) is 10.7. The molecule has 0 saturated heterocycles. The molecular formula is C23H23ClN4O2. The third-order valence-corrected chi connectivity index (χ3v) is 6.37. The number of carbonyl (C=O) groups is 2. The van der Waals surface area contributed by atoms with Gasteiger partial charge in [-0.1, -0.05) is 29.8 Å². The van der Waals surface area contributed by atoms with Crippen molar-refractivity contribution in [2.45, 2.75) is 37.3 Å². The molecule has 6 nitrogen and oxygen atoms in total. The van der Waals surface area contributed by atoms with E-state index in [0.29, 0.717) is 23.4 Å². The molecule has 2 heterocycles. The maximum atomic E-state index is 13.2. The Morgan fingerprint density at radius 2 is 1.87 bits per heavy atom. The van der Waals surface area contributed by atoms with E-state index >= 15 is 0 Å². The van der Waals surface area contributed by atoms with E-state index in [4.69, 9.17) is 16.6 Å². The largest absolute Gasteiger partial charge is 0.344 e. The molecule has 7 heteroatoms. The molecule has 1 fully saturated rings. The van der Waals surface area contributed by atoms with Gasteiger partial charge in [-0.15, -0.1) is 0 Å². The lowest BCUT2D eigenvalue weighted by atomic mass is 10.0. The van der Waals surface area contributed by atoms with Gasteiger partial charge in [0, 0.05) is 22.8 Å². The van der Waals surface area contributed by atoms with Crippen molar-refractivity contribution in [3.05, 3.63) is 64.7 Å². The van der Waals surface area contributed by atoms with Gasteiger partial charge in [-0.05, 0) is 61.6 Å². The van der Waals surface area contributed by atoms with Gasteiger partial charge in [-0.3, -0.25) is 14.6 Å². The molecule has 0 unspecified atom stereocenters. The average Bonchev–Trinajstić information content (AvgIpc) is 3.41. The van der Waals surface area contributed by atoms with E-state index in [1.165, 1.54) is 11.3 Å². The van der Waals surface area contributed by atoms with Crippen LogP contribution in [0.25, 0.3) is 0 Å². The summed E-state index contributed by atoms with van der Waals surface area (Å²) < 4.78 is 0. The predicted molar refractivity (Wildman–Crippen MR) is 117 cm³/mol. The monoisotopic (exact) mass is 422 g/mol. The lowest BCUT2D eigenvalue weighted by Crippen LogP contribution is -2.55. The van der Waals surface area contributed by atoms with Gasteiger partial charge in [-0.2, -0.15) is 0 Å². The van der Waals surface area contributed by atoms with Gasteiger partial charge in [-0.25, -0.2) is 0 Å². The maximum absolute atomic E-state index is 13.2. The summed E-state index contributed by atoms with van der Waals surface area (Å²) in [4.78, 5) is 32.7. The van der Waals surface area contributed by atoms with Gasteiger partial charge in [0.2, 0.25) is 5.91 Å². The number of benzene rings is 2. The first-order chi connectivity index (χ1) is 14.6. The van der Waals surface area contributed by atoms with Crippen LogP contribution < -0.4 is 15.5 Å². The molecule has 2 aliphatic heterocycles. The van der Waals surface area contributed by atoms with Gasteiger partial charge in [0.1, 0.15) is 11.4 Å². The Morgan fingerprint density at radius 1 is 1.10 bits per heavy atom. The van der Waals surface area contributed by atoms with Gasteiger partial charge in [0.25, 0.3) is 5.91 Å². The van der Waals surface area contributed by atoms with Gasteiger partial charge < -0.3 is 15.5 Å². The molecule has 3 aliphatic rings. The summed E-state index contributed by atoms with van der Waals surface area (Å²) in [6, 6.07) is 14.9. The van der Waals surface area contributed by atoms with Crippen molar-refractivity contribution in [2.24, 2.45) is 4.99 Å². The van der Waals surface area contributed by atoms with Crippen molar-refractivity contribution >= 4 is 34.9 Å². The molecule has 2 N–H and O–H groups in total. The van der Waals surface area contributed by atoms with Crippen LogP contribution in [0.5, 0.6) is 0 Å². The Labute approximate surface area is 180 Å². The van der Waals surface area contributed by atoms with E-state index < -0.39 is 5.54 Å². The van der Waals surface area contributed by atoms with Gasteiger partial charge in [0.15, 0.2) is 0 Å². The number of anilines is 1. The van der Waals surface area contributed by atoms with Crippen molar-refractivity contribution in [2.75, 3.05) is 18.0 Å². The summed E-state index contributed by atoms with van der Waals surface area (Å²) in [5, 5.41) is 6.70. The second-order valence-corrected chi connectivity index (χ2v) is 8.56. The summed E-state index contributed by atoms with van der Waals surface area (Å²) in [6.45, 7) is 1.56. The normalized spacial score (nSPS) is 21.0. The number of fused-ring (bicyclic) bond motifs is 3. The van der Waals surface area contributed by atoms with Crippen molar-refractivity contribution in [1.29, 1.82) is 0 Å². The highest BCUT2D eigenvalue weighted by Crippen LogP contribution is 2.37. The molecular weight excluding hydrogens is 400 g/mol. The number of rotatable bonds is 4. The Hall–Kier alpha value is -2.86. The van der Waals surface area contributed by atoms with Crippen LogP contribution in [0.1, 0.15) is 35.2 Å². The number of carbonyl (C=O) groups excluding carboxylic acids is 2. The van der Waals surface area contributed by atoms with E-state index in [2.05, 4.69) is 33.7 Å². The fourth-order valence-electron chi connectivity index (χ4n) is 4.28. The summed E-state index contributed by atoms with van der Waals surface area (Å²) in [5.74, 6) is 0.538. The number of amides is 2. The maximum Gasteiger partial charge on any atom is 0.252 e. The number of aryl methyl sites for hydroxylation is 1. The second kappa shape index (κ2) is 7.43. The molecule has 2 aromatic carbocycles. The molecule has 0 spiro atoms. The Kier molecular flexibility index (Phi) is 4.74. The molecule has 1 aliphatic carbocycles. The zero-order chi connectivity index (χ0) is 20.7. The highest BCUT2D eigenvalue weighted by atomic mass is 35.5. The number of halogens is 1. The van der Waals surface area contributed by atoms with E-state index in [1.807, 2.05) is 6.07 Å². The van der Waals surface area contributed by atoms with E-state index in [1.54, 1.807) is 24.3 Å². The summed E-state index contributed by atoms with van der Waals surface area (Å²) >= 11 is 5.90. The Morgan fingerprint density at radius 3 is 2.63 bits per heavy atom. The van der Waals surface area contributed by atoms with Crippen LogP contribution in [0.3, 0.4) is 0 Å². The van der Waals surface area contributed by atoms with Crippen LogP contribution in [-0.4, -0.2) is 42.3 Å². The quantitative estimate of drug-likeness (QED) is 0.795. The number of amidine groups is 1. The van der Waals surface area contributed by atoms with Crippen LogP contribution in [0.2, 0.25) is 5.02 Å². The molecule has 0 bridgehead atoms. The van der Waals surface area contributed by atoms with E-state index in [-0.39, 0.29) is 17.9 Å². The number of aliphatic imine (C=N–C) groups is 1. The topological polar surface area (TPSA) is 73.8 Å². The minimum absolute atomic E-state index is 0.129. The third kappa shape index (κ3) is 3.45. The Balaban J connectivity index is 1.30. The Bertz CT molecular complexity index is 1030. The first-order valence-electron chi connectivity index (χ1n) is 10.3. The first kappa shape index (κ1) is 19.1. The van der Waals surface area contributed by atoms with Crippen LogP contribution in [0.15, 0.2) is 53.5 Å². The fraction of sp³-hybridized carbons (Fsp3) is 0.348. The van der Waals surface area contributed by atoms with Gasteiger partial charge in [0.05, 0.1) is 12.6 Å². The lowest BCUT2D eigenvalue weighted by Gasteiger charge is -2.27. The van der Waals surface area contributed by atoms with Gasteiger partial charge >= 0.3 is 0 Å². The molecule has 0 radical (unpaired) electrons. The highest BCUT2D eigenvalue weighted by Gasteiger charge is 2.52. The van der Waals surface area contributed by atoms with Crippen molar-refractivity contribution in [3.63, 3.8) is 0 Å². The number of hydrogen-bond acceptors (Lipinski definition) is 4. The molecule has 30 heavy (non-hydrogen) atoms. The molecule has 2 aromatic rings. The molecule has 1 atom stereocenters. The van der Waals surface area contributed by atoms with Crippen molar-refractivity contribution < 1.29 is 9.59 Å². The van der Waals surface area contributed by atoms with Crippen LogP contribution in [0.4, 0.5) is 5.69 Å². The smallest absolute Gasteiger partial charge is 0.252 e. The van der Waals surface area contributed by atoms with E-state index in [0.717, 1.165) is 31.8 Å².